The maximum absolute atomic E-state index is 12.6. The van der Waals surface area contributed by atoms with E-state index < -0.39 is 12.0 Å². The van der Waals surface area contributed by atoms with E-state index in [4.69, 9.17) is 9.47 Å². The van der Waals surface area contributed by atoms with Gasteiger partial charge in [-0.1, -0.05) is 55.8 Å². The Morgan fingerprint density at radius 2 is 1.83 bits per heavy atom. The molecule has 1 heterocycles. The van der Waals surface area contributed by atoms with Gasteiger partial charge >= 0.3 is 12.0 Å². The number of para-hydroxylation sites is 1. The van der Waals surface area contributed by atoms with E-state index in [0.717, 1.165) is 17.5 Å². The molecular formula is C23H26N2O4. The molecule has 6 heteroatoms. The van der Waals surface area contributed by atoms with Crippen molar-refractivity contribution in [3.8, 4) is 5.75 Å². The molecular weight excluding hydrogens is 368 g/mol. The Hall–Kier alpha value is -3.28. The third kappa shape index (κ3) is 4.59. The van der Waals surface area contributed by atoms with E-state index in [2.05, 4.69) is 10.6 Å². The zero-order valence-corrected chi connectivity index (χ0v) is 17.0. The van der Waals surface area contributed by atoms with Crippen molar-refractivity contribution in [2.75, 3.05) is 7.11 Å². The number of ether oxygens (including phenoxy) is 2. The molecule has 29 heavy (non-hydrogen) atoms. The Kier molecular flexibility index (Phi) is 6.54. The number of hydrogen-bond acceptors (Lipinski definition) is 4. The van der Waals surface area contributed by atoms with Crippen molar-refractivity contribution in [3.63, 3.8) is 0 Å². The predicted molar refractivity (Wildman–Crippen MR) is 110 cm³/mol. The van der Waals surface area contributed by atoms with Crippen molar-refractivity contribution in [1.29, 1.82) is 0 Å². The lowest BCUT2D eigenvalue weighted by Gasteiger charge is -2.30. The van der Waals surface area contributed by atoms with Crippen molar-refractivity contribution < 1.29 is 19.1 Å². The fourth-order valence-electron chi connectivity index (χ4n) is 3.43. The van der Waals surface area contributed by atoms with Gasteiger partial charge in [0.1, 0.15) is 12.4 Å². The number of carbonyl (C=O) groups excluding carboxylic acids is 2. The molecule has 2 aromatic carbocycles. The van der Waals surface area contributed by atoms with Crippen molar-refractivity contribution in [3.05, 3.63) is 76.5 Å². The summed E-state index contributed by atoms with van der Waals surface area (Å²) < 4.78 is 11.1. The van der Waals surface area contributed by atoms with Crippen LogP contribution in [0.25, 0.3) is 0 Å². The average molecular weight is 394 g/mol. The molecule has 1 unspecified atom stereocenters. The van der Waals surface area contributed by atoms with E-state index in [1.54, 1.807) is 0 Å². The van der Waals surface area contributed by atoms with Gasteiger partial charge in [0.25, 0.3) is 0 Å². The maximum Gasteiger partial charge on any atom is 0.337 e. The van der Waals surface area contributed by atoms with Gasteiger partial charge in [-0.25, -0.2) is 9.59 Å². The Morgan fingerprint density at radius 3 is 2.55 bits per heavy atom. The van der Waals surface area contributed by atoms with Crippen molar-refractivity contribution in [2.45, 2.75) is 39.3 Å². The highest BCUT2D eigenvalue weighted by atomic mass is 16.5. The Morgan fingerprint density at radius 1 is 1.10 bits per heavy atom. The Balaban J connectivity index is 1.98. The van der Waals surface area contributed by atoms with Gasteiger partial charge in [-0.15, -0.1) is 0 Å². The molecule has 1 aliphatic rings. The van der Waals surface area contributed by atoms with Gasteiger partial charge in [-0.2, -0.15) is 0 Å². The van der Waals surface area contributed by atoms with Crippen LogP contribution in [0.5, 0.6) is 5.75 Å². The number of nitrogens with one attached hydrogen (secondary N) is 2. The number of esters is 1. The smallest absolute Gasteiger partial charge is 0.337 e. The van der Waals surface area contributed by atoms with Gasteiger partial charge in [-0.05, 0) is 30.5 Å². The quantitative estimate of drug-likeness (QED) is 0.692. The number of carbonyl (C=O) groups is 2. The van der Waals surface area contributed by atoms with E-state index in [-0.39, 0.29) is 6.03 Å². The van der Waals surface area contributed by atoms with E-state index in [1.165, 1.54) is 7.11 Å². The van der Waals surface area contributed by atoms with Crippen molar-refractivity contribution in [2.24, 2.45) is 0 Å². The standard InChI is InChI=1S/C23H26N2O4/c1-4-9-18-20(22(26)28-3)21(25-23(27)24-18)17-12-7-8-13-19(17)29-14-16-11-6-5-10-15(16)2/h5-8,10-13,21H,4,9,14H2,1-3H3,(H2,24,25,27). The van der Waals surface area contributed by atoms with Crippen LogP contribution in [0.15, 0.2) is 59.8 Å². The summed E-state index contributed by atoms with van der Waals surface area (Å²) in [6.07, 6.45) is 1.36. The third-order valence-electron chi connectivity index (χ3n) is 4.93. The number of hydrogen-bond donors (Lipinski definition) is 2. The number of benzene rings is 2. The maximum atomic E-state index is 12.6. The third-order valence-corrected chi connectivity index (χ3v) is 4.93. The number of aryl methyl sites for hydroxylation is 1. The molecule has 3 rings (SSSR count). The highest BCUT2D eigenvalue weighted by molar-refractivity contribution is 5.95. The minimum atomic E-state index is -0.647. The molecule has 1 aliphatic heterocycles. The summed E-state index contributed by atoms with van der Waals surface area (Å²) in [7, 11) is 1.34. The summed E-state index contributed by atoms with van der Waals surface area (Å²) in [4.78, 5) is 24.8. The van der Waals surface area contributed by atoms with E-state index in [1.807, 2.05) is 62.4 Å². The average Bonchev–Trinajstić information content (AvgIpc) is 2.73. The Labute approximate surface area is 170 Å². The first-order valence-electron chi connectivity index (χ1n) is 9.70. The second-order valence-electron chi connectivity index (χ2n) is 6.92. The first-order chi connectivity index (χ1) is 14.0. The van der Waals surface area contributed by atoms with Gasteiger partial charge in [0.2, 0.25) is 0 Å². The fourth-order valence-corrected chi connectivity index (χ4v) is 3.43. The van der Waals surface area contributed by atoms with Gasteiger partial charge in [-0.3, -0.25) is 0 Å². The predicted octanol–water partition coefficient (Wildman–Crippen LogP) is 4.16. The topological polar surface area (TPSA) is 76.7 Å². The lowest BCUT2D eigenvalue weighted by atomic mass is 9.93. The molecule has 2 N–H and O–H groups in total. The van der Waals surface area contributed by atoms with Gasteiger partial charge in [0, 0.05) is 11.3 Å². The number of urea groups is 1. The number of rotatable bonds is 7. The molecule has 0 spiro atoms. The van der Waals surface area contributed by atoms with E-state index >= 15 is 0 Å². The van der Waals surface area contributed by atoms with Crippen LogP contribution >= 0.6 is 0 Å². The summed E-state index contributed by atoms with van der Waals surface area (Å²) in [5.74, 6) is 0.139. The summed E-state index contributed by atoms with van der Waals surface area (Å²) in [6, 6.07) is 14.4. The van der Waals surface area contributed by atoms with Crippen LogP contribution in [0.2, 0.25) is 0 Å². The molecule has 6 nitrogen and oxygen atoms in total. The lowest BCUT2D eigenvalue weighted by molar-refractivity contribution is -0.136. The number of allylic oxidation sites excluding steroid dienone is 1. The second kappa shape index (κ2) is 9.28. The zero-order chi connectivity index (χ0) is 20.8. The summed E-state index contributed by atoms with van der Waals surface area (Å²) in [5.41, 5.74) is 3.92. The molecule has 0 fully saturated rings. The Bertz CT molecular complexity index is 936. The number of methoxy groups -OCH3 is 1. The summed E-state index contributed by atoms with van der Waals surface area (Å²) in [6.45, 7) is 4.42. The molecule has 0 aromatic heterocycles. The fraction of sp³-hybridized carbons (Fsp3) is 0.304. The van der Waals surface area contributed by atoms with Crippen LogP contribution in [0, 0.1) is 6.92 Å². The van der Waals surface area contributed by atoms with Crippen molar-refractivity contribution >= 4 is 12.0 Å². The van der Waals surface area contributed by atoms with Gasteiger partial charge in [0.05, 0.1) is 18.7 Å². The van der Waals surface area contributed by atoms with Crippen LogP contribution < -0.4 is 15.4 Å². The van der Waals surface area contributed by atoms with E-state index in [0.29, 0.717) is 35.6 Å². The van der Waals surface area contributed by atoms with E-state index in [9.17, 15) is 9.59 Å². The molecule has 0 saturated carbocycles. The summed E-state index contributed by atoms with van der Waals surface area (Å²) >= 11 is 0. The summed E-state index contributed by atoms with van der Waals surface area (Å²) in [5, 5.41) is 5.60. The number of amides is 2. The SMILES string of the molecule is CCCC1=C(C(=O)OC)C(c2ccccc2OCc2ccccc2C)NC(=O)N1. The van der Waals surface area contributed by atoms with Crippen LogP contribution in [0.3, 0.4) is 0 Å². The zero-order valence-electron chi connectivity index (χ0n) is 17.0. The van der Waals surface area contributed by atoms with Crippen LogP contribution in [-0.2, 0) is 16.1 Å². The molecule has 2 aromatic rings. The normalized spacial score (nSPS) is 16.1. The highest BCUT2D eigenvalue weighted by Gasteiger charge is 2.34. The molecule has 0 radical (unpaired) electrons. The first kappa shape index (κ1) is 20.5. The van der Waals surface area contributed by atoms with Gasteiger partial charge in [0.15, 0.2) is 0 Å². The second-order valence-corrected chi connectivity index (χ2v) is 6.92. The molecule has 0 aliphatic carbocycles. The molecule has 0 bridgehead atoms. The minimum Gasteiger partial charge on any atom is -0.489 e. The largest absolute Gasteiger partial charge is 0.489 e. The first-order valence-corrected chi connectivity index (χ1v) is 9.70. The molecule has 0 saturated heterocycles. The molecule has 152 valence electrons. The lowest BCUT2D eigenvalue weighted by Crippen LogP contribution is -2.46. The van der Waals surface area contributed by atoms with Crippen LogP contribution in [-0.4, -0.2) is 19.1 Å². The minimum absolute atomic E-state index is 0.347. The van der Waals surface area contributed by atoms with Crippen LogP contribution in [0.1, 0.15) is 42.5 Å². The van der Waals surface area contributed by atoms with Crippen LogP contribution in [0.4, 0.5) is 4.79 Å². The molecule has 2 amide bonds. The monoisotopic (exact) mass is 394 g/mol. The van der Waals surface area contributed by atoms with Crippen molar-refractivity contribution in [1.82, 2.24) is 10.6 Å². The molecule has 1 atom stereocenters. The van der Waals surface area contributed by atoms with Gasteiger partial charge < -0.3 is 20.1 Å². The highest BCUT2D eigenvalue weighted by Crippen LogP contribution is 2.34.